The maximum Gasteiger partial charge on any atom is 0.134 e. The third kappa shape index (κ3) is 4.22. The first kappa shape index (κ1) is 17.1. The molecule has 1 saturated heterocycles. The fourth-order valence-electron chi connectivity index (χ4n) is 3.60. The molecule has 130 valence electrons. The molecule has 1 unspecified atom stereocenters. The van der Waals surface area contributed by atoms with Crippen molar-refractivity contribution in [2.75, 3.05) is 20.2 Å². The maximum atomic E-state index is 13.4. The van der Waals surface area contributed by atoms with Crippen LogP contribution in [0.25, 0.3) is 0 Å². The predicted octanol–water partition coefficient (Wildman–Crippen LogP) is 3.39. The van der Waals surface area contributed by atoms with Crippen molar-refractivity contribution in [1.82, 2.24) is 14.5 Å². The molecule has 2 heterocycles. The number of methoxy groups -OCH3 is 1. The lowest BCUT2D eigenvalue weighted by Gasteiger charge is -2.33. The van der Waals surface area contributed by atoms with Gasteiger partial charge in [0, 0.05) is 38.6 Å². The van der Waals surface area contributed by atoms with Gasteiger partial charge in [-0.25, -0.2) is 9.37 Å². The molecule has 0 saturated carbocycles. The van der Waals surface area contributed by atoms with E-state index in [0.29, 0.717) is 12.5 Å². The summed E-state index contributed by atoms with van der Waals surface area (Å²) >= 11 is 0. The first-order chi connectivity index (χ1) is 11.7. The molecule has 1 aromatic carbocycles. The number of halogens is 1. The Balaban J connectivity index is 1.62. The third-order valence-electron chi connectivity index (χ3n) is 4.75. The zero-order valence-corrected chi connectivity index (χ0v) is 14.5. The second-order valence-electron chi connectivity index (χ2n) is 6.73. The van der Waals surface area contributed by atoms with Crippen molar-refractivity contribution in [1.29, 1.82) is 0 Å². The van der Waals surface area contributed by atoms with Gasteiger partial charge in [-0.2, -0.15) is 0 Å². The van der Waals surface area contributed by atoms with Crippen LogP contribution in [-0.4, -0.2) is 34.7 Å². The predicted molar refractivity (Wildman–Crippen MR) is 92.1 cm³/mol. The molecule has 0 radical (unpaired) electrons. The summed E-state index contributed by atoms with van der Waals surface area (Å²) in [5.41, 5.74) is 2.24. The minimum absolute atomic E-state index is 0.153. The molecule has 0 amide bonds. The Kier molecular flexibility index (Phi) is 5.63. The van der Waals surface area contributed by atoms with Crippen molar-refractivity contribution >= 4 is 0 Å². The maximum absolute atomic E-state index is 13.4. The Hall–Kier alpha value is -1.72. The lowest BCUT2D eigenvalue weighted by molar-refractivity contribution is 0.147. The highest BCUT2D eigenvalue weighted by Crippen LogP contribution is 2.22. The van der Waals surface area contributed by atoms with Crippen molar-refractivity contribution < 1.29 is 9.13 Å². The summed E-state index contributed by atoms with van der Waals surface area (Å²) in [5.74, 6) is 1.44. The second kappa shape index (κ2) is 7.90. The van der Waals surface area contributed by atoms with Crippen LogP contribution in [0, 0.1) is 18.7 Å². The zero-order valence-electron chi connectivity index (χ0n) is 14.5. The summed E-state index contributed by atoms with van der Waals surface area (Å²) in [5, 5.41) is 0. The number of aryl methyl sites for hydroxylation is 1. The van der Waals surface area contributed by atoms with E-state index >= 15 is 0 Å². The monoisotopic (exact) mass is 331 g/mol. The van der Waals surface area contributed by atoms with Gasteiger partial charge in [0.1, 0.15) is 18.2 Å². The number of benzene rings is 1. The van der Waals surface area contributed by atoms with Crippen molar-refractivity contribution in [3.05, 3.63) is 53.4 Å². The molecule has 0 bridgehead atoms. The number of aromatic nitrogens is 2. The van der Waals surface area contributed by atoms with Gasteiger partial charge in [-0.3, -0.25) is 4.90 Å². The van der Waals surface area contributed by atoms with Crippen LogP contribution in [0.1, 0.15) is 29.9 Å². The number of hydrogen-bond acceptors (Lipinski definition) is 3. The molecule has 1 atom stereocenters. The second-order valence-corrected chi connectivity index (χ2v) is 6.73. The van der Waals surface area contributed by atoms with Crippen LogP contribution in [0.15, 0.2) is 30.5 Å². The first-order valence-corrected chi connectivity index (χ1v) is 8.62. The Morgan fingerprint density at radius 2 is 2.25 bits per heavy atom. The molecular formula is C19H26FN3O. The van der Waals surface area contributed by atoms with E-state index in [2.05, 4.69) is 21.4 Å². The Labute approximate surface area is 143 Å². The van der Waals surface area contributed by atoms with Crippen LogP contribution in [-0.2, 0) is 24.4 Å². The molecule has 5 heteroatoms. The minimum Gasteiger partial charge on any atom is -0.377 e. The van der Waals surface area contributed by atoms with E-state index in [1.54, 1.807) is 19.2 Å². The summed E-state index contributed by atoms with van der Waals surface area (Å²) < 4.78 is 20.9. The Morgan fingerprint density at radius 3 is 3.04 bits per heavy atom. The quantitative estimate of drug-likeness (QED) is 0.813. The van der Waals surface area contributed by atoms with Gasteiger partial charge in [0.05, 0.1) is 0 Å². The van der Waals surface area contributed by atoms with Crippen LogP contribution in [0.2, 0.25) is 0 Å². The summed E-state index contributed by atoms with van der Waals surface area (Å²) in [6, 6.07) is 6.93. The molecule has 0 N–H and O–H groups in total. The van der Waals surface area contributed by atoms with Gasteiger partial charge < -0.3 is 9.30 Å². The van der Waals surface area contributed by atoms with E-state index in [-0.39, 0.29) is 5.82 Å². The normalized spacial score (nSPS) is 18.9. The van der Waals surface area contributed by atoms with Crippen LogP contribution >= 0.6 is 0 Å². The van der Waals surface area contributed by atoms with Gasteiger partial charge in [-0.05, 0) is 49.9 Å². The lowest BCUT2D eigenvalue weighted by Crippen LogP contribution is -2.37. The van der Waals surface area contributed by atoms with Crippen LogP contribution in [0.5, 0.6) is 0 Å². The fraction of sp³-hybridized carbons (Fsp3) is 0.526. The lowest BCUT2D eigenvalue weighted by atomic mass is 9.97. The van der Waals surface area contributed by atoms with Crippen molar-refractivity contribution in [2.45, 2.75) is 39.5 Å². The number of nitrogens with zero attached hydrogens (tertiary/aromatic N) is 3. The molecule has 1 aromatic heterocycles. The fourth-order valence-corrected chi connectivity index (χ4v) is 3.60. The van der Waals surface area contributed by atoms with E-state index in [4.69, 9.17) is 4.74 Å². The van der Waals surface area contributed by atoms with Crippen LogP contribution in [0.3, 0.4) is 0 Å². The molecule has 1 aliphatic rings. The molecule has 24 heavy (non-hydrogen) atoms. The van der Waals surface area contributed by atoms with Gasteiger partial charge in [-0.15, -0.1) is 0 Å². The van der Waals surface area contributed by atoms with Gasteiger partial charge in [0.2, 0.25) is 0 Å². The zero-order chi connectivity index (χ0) is 16.9. The highest BCUT2D eigenvalue weighted by Gasteiger charge is 2.22. The SMILES string of the molecule is COCc1ncc(C)n1CC1CCCN(Cc2cccc(F)c2)C1. The number of imidazole rings is 1. The number of likely N-dealkylation sites (tertiary alicyclic amines) is 1. The van der Waals surface area contributed by atoms with E-state index in [1.807, 2.05) is 12.3 Å². The minimum atomic E-state index is -0.153. The summed E-state index contributed by atoms with van der Waals surface area (Å²) in [4.78, 5) is 6.89. The van der Waals surface area contributed by atoms with E-state index in [1.165, 1.54) is 24.6 Å². The number of ether oxygens (including phenoxy) is 1. The van der Waals surface area contributed by atoms with Crippen molar-refractivity contribution in [2.24, 2.45) is 5.92 Å². The molecule has 0 spiro atoms. The van der Waals surface area contributed by atoms with E-state index in [0.717, 1.165) is 37.6 Å². The van der Waals surface area contributed by atoms with E-state index in [9.17, 15) is 4.39 Å². The van der Waals surface area contributed by atoms with Crippen molar-refractivity contribution in [3.8, 4) is 0 Å². The number of piperidine rings is 1. The molecule has 0 aliphatic carbocycles. The van der Waals surface area contributed by atoms with Gasteiger partial charge in [-0.1, -0.05) is 12.1 Å². The highest BCUT2D eigenvalue weighted by atomic mass is 19.1. The standard InChI is InChI=1S/C19H26FN3O/c1-15-10-21-19(14-24-2)23(15)13-17-6-4-8-22(12-17)11-16-5-3-7-18(20)9-16/h3,5,7,9-10,17H,4,6,8,11-14H2,1-2H3. The third-order valence-corrected chi connectivity index (χ3v) is 4.75. The first-order valence-electron chi connectivity index (χ1n) is 8.62. The summed E-state index contributed by atoms with van der Waals surface area (Å²) in [6.07, 6.45) is 4.33. The molecule has 1 fully saturated rings. The van der Waals surface area contributed by atoms with E-state index < -0.39 is 0 Å². The topological polar surface area (TPSA) is 30.3 Å². The van der Waals surface area contributed by atoms with Gasteiger partial charge in [0.25, 0.3) is 0 Å². The average molecular weight is 331 g/mol. The molecule has 1 aliphatic heterocycles. The van der Waals surface area contributed by atoms with Crippen molar-refractivity contribution in [3.63, 3.8) is 0 Å². The Bertz CT molecular complexity index is 670. The summed E-state index contributed by atoms with van der Waals surface area (Å²) in [6.45, 7) is 6.57. The smallest absolute Gasteiger partial charge is 0.134 e. The van der Waals surface area contributed by atoms with Crippen LogP contribution in [0.4, 0.5) is 4.39 Å². The van der Waals surface area contributed by atoms with Gasteiger partial charge in [0.15, 0.2) is 0 Å². The Morgan fingerprint density at radius 1 is 1.38 bits per heavy atom. The van der Waals surface area contributed by atoms with Crippen LogP contribution < -0.4 is 0 Å². The highest BCUT2D eigenvalue weighted by molar-refractivity contribution is 5.16. The average Bonchev–Trinajstić information content (AvgIpc) is 2.89. The number of hydrogen-bond donors (Lipinski definition) is 0. The molecule has 3 rings (SSSR count). The molecule has 2 aromatic rings. The van der Waals surface area contributed by atoms with Gasteiger partial charge >= 0.3 is 0 Å². The number of rotatable bonds is 6. The largest absolute Gasteiger partial charge is 0.377 e. The molecule has 4 nitrogen and oxygen atoms in total. The summed E-state index contributed by atoms with van der Waals surface area (Å²) in [7, 11) is 1.70. The molecular weight excluding hydrogens is 305 g/mol.